The molecule has 0 saturated carbocycles. The van der Waals surface area contributed by atoms with E-state index in [0.29, 0.717) is 5.56 Å². The Balaban J connectivity index is 2.87. The summed E-state index contributed by atoms with van der Waals surface area (Å²) in [6, 6.07) is 3.61. The number of amides is 1. The number of aliphatic carboxylic acids is 1. The molecule has 0 aliphatic carbocycles. The van der Waals surface area contributed by atoms with Gasteiger partial charge in [-0.3, -0.25) is 4.79 Å². The van der Waals surface area contributed by atoms with Gasteiger partial charge in [0.2, 0.25) is 0 Å². The molecule has 0 heterocycles. The minimum Gasteiger partial charge on any atom is -0.480 e. The largest absolute Gasteiger partial charge is 0.480 e. The average molecular weight is 316 g/mol. The van der Waals surface area contributed by atoms with Crippen LogP contribution in [0, 0.1) is 6.92 Å². The fourth-order valence-electron chi connectivity index (χ4n) is 1.40. The Morgan fingerprint density at radius 2 is 2.00 bits per heavy atom. The molecule has 0 aliphatic heterocycles. The second kappa shape index (κ2) is 5.97. The van der Waals surface area contributed by atoms with Crippen LogP contribution in [0.1, 0.15) is 22.8 Å². The van der Waals surface area contributed by atoms with Gasteiger partial charge in [0.15, 0.2) is 6.04 Å². The number of rotatable bonds is 4. The molecule has 2 unspecified atom stereocenters. The van der Waals surface area contributed by atoms with E-state index in [1.54, 1.807) is 18.2 Å². The zero-order valence-corrected chi connectivity index (χ0v) is 11.6. The van der Waals surface area contributed by atoms with Crippen LogP contribution in [-0.4, -0.2) is 34.2 Å². The summed E-state index contributed by atoms with van der Waals surface area (Å²) in [5.74, 6) is -1.80. The third kappa shape index (κ3) is 3.54. The molecule has 1 amide bonds. The molecular formula is C12H14BrNO4. The van der Waals surface area contributed by atoms with E-state index in [4.69, 9.17) is 5.11 Å². The summed E-state index contributed by atoms with van der Waals surface area (Å²) in [4.78, 5) is 22.7. The van der Waals surface area contributed by atoms with Crippen LogP contribution in [0.4, 0.5) is 0 Å². The van der Waals surface area contributed by atoms with Gasteiger partial charge in [-0.05, 0) is 37.6 Å². The molecular weight excluding hydrogens is 302 g/mol. The van der Waals surface area contributed by atoms with Gasteiger partial charge >= 0.3 is 5.97 Å². The number of aliphatic hydroxyl groups excluding tert-OH is 1. The van der Waals surface area contributed by atoms with Crippen molar-refractivity contribution in [3.8, 4) is 0 Å². The number of carbonyl (C=O) groups is 2. The summed E-state index contributed by atoms with van der Waals surface area (Å²) in [6.07, 6.45) is -1.16. The molecule has 1 aromatic rings. The Labute approximate surface area is 113 Å². The molecule has 1 aromatic carbocycles. The Morgan fingerprint density at radius 1 is 1.39 bits per heavy atom. The lowest BCUT2D eigenvalue weighted by Crippen LogP contribution is -2.47. The van der Waals surface area contributed by atoms with Gasteiger partial charge in [0.25, 0.3) is 5.91 Å². The molecule has 0 saturated heterocycles. The molecule has 18 heavy (non-hydrogen) atoms. The van der Waals surface area contributed by atoms with E-state index in [-0.39, 0.29) is 0 Å². The summed E-state index contributed by atoms with van der Waals surface area (Å²) < 4.78 is 0.865. The first-order valence-electron chi connectivity index (χ1n) is 5.31. The second-order valence-corrected chi connectivity index (χ2v) is 4.85. The van der Waals surface area contributed by atoms with Gasteiger partial charge < -0.3 is 15.5 Å². The van der Waals surface area contributed by atoms with E-state index < -0.39 is 24.0 Å². The summed E-state index contributed by atoms with van der Waals surface area (Å²) >= 11 is 3.31. The fourth-order valence-corrected chi connectivity index (χ4v) is 1.65. The third-order valence-electron chi connectivity index (χ3n) is 2.46. The number of carboxylic acid groups (broad SMARTS) is 1. The van der Waals surface area contributed by atoms with E-state index in [9.17, 15) is 14.7 Å². The number of halogens is 1. The number of aliphatic hydroxyl groups is 1. The Bertz CT molecular complexity index is 473. The molecule has 0 aromatic heterocycles. The van der Waals surface area contributed by atoms with Crippen molar-refractivity contribution >= 4 is 27.8 Å². The molecule has 6 heteroatoms. The quantitative estimate of drug-likeness (QED) is 0.782. The van der Waals surface area contributed by atoms with Crippen molar-refractivity contribution in [2.24, 2.45) is 0 Å². The predicted molar refractivity (Wildman–Crippen MR) is 69.4 cm³/mol. The van der Waals surface area contributed by atoms with E-state index in [1.165, 1.54) is 6.92 Å². The van der Waals surface area contributed by atoms with Crippen molar-refractivity contribution in [1.82, 2.24) is 5.32 Å². The minimum atomic E-state index is -1.32. The van der Waals surface area contributed by atoms with Gasteiger partial charge in [-0.2, -0.15) is 0 Å². The maximum absolute atomic E-state index is 11.8. The normalized spacial score (nSPS) is 13.8. The third-order valence-corrected chi connectivity index (χ3v) is 3.34. The Kier molecular flexibility index (Phi) is 4.86. The van der Waals surface area contributed by atoms with Crippen LogP contribution >= 0.6 is 15.9 Å². The zero-order valence-electron chi connectivity index (χ0n) is 9.98. The second-order valence-electron chi connectivity index (χ2n) is 3.99. The van der Waals surface area contributed by atoms with Gasteiger partial charge in [0.05, 0.1) is 6.10 Å². The van der Waals surface area contributed by atoms with Crippen LogP contribution in [-0.2, 0) is 4.79 Å². The van der Waals surface area contributed by atoms with Gasteiger partial charge in [0, 0.05) is 10.0 Å². The fraction of sp³-hybridized carbons (Fsp3) is 0.333. The SMILES string of the molecule is Cc1cc(C(=O)NC(C(=O)O)C(C)O)ccc1Br. The number of nitrogens with one attached hydrogen (secondary N) is 1. The number of benzene rings is 1. The lowest BCUT2D eigenvalue weighted by atomic mass is 10.1. The van der Waals surface area contributed by atoms with Crippen LogP contribution in [0.25, 0.3) is 0 Å². The van der Waals surface area contributed by atoms with Crippen molar-refractivity contribution in [3.05, 3.63) is 33.8 Å². The smallest absolute Gasteiger partial charge is 0.328 e. The standard InChI is InChI=1S/C12H14BrNO4/c1-6-5-8(3-4-9(6)13)11(16)14-10(7(2)15)12(17)18/h3-5,7,10,15H,1-2H3,(H,14,16)(H,17,18). The molecule has 0 fully saturated rings. The zero-order chi connectivity index (χ0) is 13.9. The number of carbonyl (C=O) groups excluding carboxylic acids is 1. The molecule has 0 bridgehead atoms. The number of aryl methyl sites for hydroxylation is 1. The van der Waals surface area contributed by atoms with Gasteiger partial charge in [-0.15, -0.1) is 0 Å². The van der Waals surface area contributed by atoms with Crippen LogP contribution in [0.2, 0.25) is 0 Å². The number of hydrogen-bond donors (Lipinski definition) is 3. The number of hydrogen-bond acceptors (Lipinski definition) is 3. The molecule has 1 rings (SSSR count). The first-order chi connectivity index (χ1) is 8.32. The average Bonchev–Trinajstić information content (AvgIpc) is 2.28. The predicted octanol–water partition coefficient (Wildman–Crippen LogP) is 1.32. The maximum Gasteiger partial charge on any atom is 0.328 e. The van der Waals surface area contributed by atoms with Crippen LogP contribution in [0.5, 0.6) is 0 Å². The highest BCUT2D eigenvalue weighted by atomic mass is 79.9. The highest BCUT2D eigenvalue weighted by Crippen LogP contribution is 2.17. The molecule has 5 nitrogen and oxygen atoms in total. The molecule has 2 atom stereocenters. The first-order valence-corrected chi connectivity index (χ1v) is 6.10. The Hall–Kier alpha value is -1.40. The van der Waals surface area contributed by atoms with Crippen LogP contribution in [0.3, 0.4) is 0 Å². The summed E-state index contributed by atoms with van der Waals surface area (Å²) in [5.41, 5.74) is 1.22. The topological polar surface area (TPSA) is 86.6 Å². The molecule has 3 N–H and O–H groups in total. The van der Waals surface area contributed by atoms with Gasteiger partial charge in [0.1, 0.15) is 0 Å². The lowest BCUT2D eigenvalue weighted by Gasteiger charge is -2.17. The van der Waals surface area contributed by atoms with Crippen molar-refractivity contribution in [1.29, 1.82) is 0 Å². The lowest BCUT2D eigenvalue weighted by molar-refractivity contribution is -0.141. The van der Waals surface area contributed by atoms with E-state index in [2.05, 4.69) is 21.2 Å². The molecule has 0 radical (unpaired) electrons. The van der Waals surface area contributed by atoms with Gasteiger partial charge in [-0.1, -0.05) is 15.9 Å². The van der Waals surface area contributed by atoms with Crippen molar-refractivity contribution in [3.63, 3.8) is 0 Å². The van der Waals surface area contributed by atoms with Crippen molar-refractivity contribution in [2.75, 3.05) is 0 Å². The summed E-state index contributed by atoms with van der Waals surface area (Å²) in [5, 5.41) is 20.4. The first kappa shape index (κ1) is 14.7. The minimum absolute atomic E-state index is 0.350. The molecule has 0 spiro atoms. The monoisotopic (exact) mass is 315 g/mol. The van der Waals surface area contributed by atoms with Crippen molar-refractivity contribution in [2.45, 2.75) is 26.0 Å². The van der Waals surface area contributed by atoms with Gasteiger partial charge in [-0.25, -0.2) is 4.79 Å². The molecule has 0 aliphatic rings. The molecule has 98 valence electrons. The van der Waals surface area contributed by atoms with Crippen LogP contribution in [0.15, 0.2) is 22.7 Å². The van der Waals surface area contributed by atoms with E-state index in [1.807, 2.05) is 6.92 Å². The maximum atomic E-state index is 11.8. The summed E-state index contributed by atoms with van der Waals surface area (Å²) in [6.45, 7) is 3.14. The summed E-state index contributed by atoms with van der Waals surface area (Å²) in [7, 11) is 0. The van der Waals surface area contributed by atoms with E-state index in [0.717, 1.165) is 10.0 Å². The van der Waals surface area contributed by atoms with E-state index >= 15 is 0 Å². The highest BCUT2D eigenvalue weighted by molar-refractivity contribution is 9.10. The Morgan fingerprint density at radius 3 is 2.44 bits per heavy atom. The van der Waals surface area contributed by atoms with Crippen LogP contribution < -0.4 is 5.32 Å². The highest BCUT2D eigenvalue weighted by Gasteiger charge is 2.25. The number of carboxylic acids is 1. The van der Waals surface area contributed by atoms with Crippen molar-refractivity contribution < 1.29 is 19.8 Å².